The number of hydrogen-bond acceptors (Lipinski definition) is 6. The minimum Gasteiger partial charge on any atom is -0.394 e. The Balaban J connectivity index is 2.17. The van der Waals surface area contributed by atoms with E-state index < -0.39 is 37.3 Å². The van der Waals surface area contributed by atoms with E-state index in [0.29, 0.717) is 10.7 Å². The van der Waals surface area contributed by atoms with E-state index in [1.54, 1.807) is 18.2 Å². The van der Waals surface area contributed by atoms with Crippen molar-refractivity contribution in [1.82, 2.24) is 0 Å². The summed E-state index contributed by atoms with van der Waals surface area (Å²) in [5, 5.41) is 41.7. The maximum absolute atomic E-state index is 9.89. The number of benzene rings is 1. The van der Waals surface area contributed by atoms with E-state index >= 15 is 0 Å². The molecule has 0 spiro atoms. The normalized spacial score (nSPS) is 34.0. The largest absolute Gasteiger partial charge is 0.394 e. The number of hydrogen-bond donors (Lipinski definition) is 5. The molecule has 0 bridgehead atoms. The molecular weight excluding hydrogens is 309 g/mol. The van der Waals surface area contributed by atoms with Crippen LogP contribution in [0.15, 0.2) is 18.2 Å². The van der Waals surface area contributed by atoms with Crippen LogP contribution in [-0.4, -0.2) is 57.7 Å². The number of anilines is 1. The van der Waals surface area contributed by atoms with Gasteiger partial charge < -0.3 is 30.5 Å². The molecule has 112 valence electrons. The summed E-state index contributed by atoms with van der Waals surface area (Å²) in [7, 11) is 0. The van der Waals surface area contributed by atoms with Crippen LogP contribution in [0.2, 0.25) is 10.0 Å². The van der Waals surface area contributed by atoms with Gasteiger partial charge in [-0.25, -0.2) is 0 Å². The molecule has 1 aliphatic rings. The minimum absolute atomic E-state index is 0.242. The summed E-state index contributed by atoms with van der Waals surface area (Å²) in [6.07, 6.45) is -6.26. The first-order chi connectivity index (χ1) is 9.45. The number of aliphatic hydroxyl groups is 4. The monoisotopic (exact) mass is 323 g/mol. The Kier molecular flexibility index (Phi) is 5.09. The summed E-state index contributed by atoms with van der Waals surface area (Å²) in [6.45, 7) is -0.494. The van der Waals surface area contributed by atoms with Gasteiger partial charge in [-0.1, -0.05) is 29.3 Å². The molecule has 1 unspecified atom stereocenters. The van der Waals surface area contributed by atoms with E-state index in [1.807, 2.05) is 0 Å². The van der Waals surface area contributed by atoms with Crippen LogP contribution in [0.1, 0.15) is 0 Å². The van der Waals surface area contributed by atoms with Gasteiger partial charge in [0.15, 0.2) is 6.23 Å². The van der Waals surface area contributed by atoms with Crippen LogP contribution in [0.5, 0.6) is 0 Å². The summed E-state index contributed by atoms with van der Waals surface area (Å²) >= 11 is 11.9. The quantitative estimate of drug-likeness (QED) is 0.545. The predicted octanol–water partition coefficient (Wildman–Crippen LogP) is 0.205. The zero-order valence-electron chi connectivity index (χ0n) is 10.3. The molecule has 1 aliphatic heterocycles. The second kappa shape index (κ2) is 6.44. The van der Waals surface area contributed by atoms with Crippen molar-refractivity contribution < 1.29 is 25.2 Å². The van der Waals surface area contributed by atoms with Gasteiger partial charge in [-0.3, -0.25) is 0 Å². The third kappa shape index (κ3) is 3.01. The Morgan fingerprint density at radius 2 is 1.80 bits per heavy atom. The zero-order chi connectivity index (χ0) is 14.9. The Labute approximate surface area is 125 Å². The molecule has 6 nitrogen and oxygen atoms in total. The highest BCUT2D eigenvalue weighted by Gasteiger charge is 2.43. The average Bonchev–Trinajstić information content (AvgIpc) is 2.44. The Morgan fingerprint density at radius 1 is 1.10 bits per heavy atom. The molecular formula is C12H15Cl2NO5. The van der Waals surface area contributed by atoms with Gasteiger partial charge in [0.05, 0.1) is 22.3 Å². The van der Waals surface area contributed by atoms with Gasteiger partial charge in [0.2, 0.25) is 0 Å². The molecule has 0 radical (unpaired) electrons. The maximum Gasteiger partial charge on any atom is 0.157 e. The standard InChI is InChI=1S/C12H15Cl2NO5/c13-5-2-1-3-6(8(5)14)15-12-11(19)10(18)9(17)7(4-16)20-12/h1-3,7,9-12,15-19H,4H2/t7-,9-,10+,11-,12?/m1/s1. The van der Waals surface area contributed by atoms with E-state index in [-0.39, 0.29) is 5.02 Å². The molecule has 1 aromatic rings. The summed E-state index contributed by atoms with van der Waals surface area (Å²) in [6, 6.07) is 4.87. The van der Waals surface area contributed by atoms with Crippen LogP contribution in [0, 0.1) is 0 Å². The lowest BCUT2D eigenvalue weighted by molar-refractivity contribution is -0.221. The zero-order valence-corrected chi connectivity index (χ0v) is 11.8. The molecule has 0 saturated carbocycles. The van der Waals surface area contributed by atoms with Gasteiger partial charge in [0, 0.05) is 0 Å². The average molecular weight is 324 g/mol. The van der Waals surface area contributed by atoms with Crippen molar-refractivity contribution in [3.05, 3.63) is 28.2 Å². The highest BCUT2D eigenvalue weighted by molar-refractivity contribution is 6.43. The van der Waals surface area contributed by atoms with Crippen molar-refractivity contribution >= 4 is 28.9 Å². The Hall–Kier alpha value is -0.600. The van der Waals surface area contributed by atoms with Gasteiger partial charge in [0.1, 0.15) is 24.4 Å². The van der Waals surface area contributed by atoms with Gasteiger partial charge in [0.25, 0.3) is 0 Å². The number of nitrogens with one attached hydrogen (secondary N) is 1. The summed E-state index contributed by atoms with van der Waals surface area (Å²) in [5.41, 5.74) is 0.406. The SMILES string of the molecule is OC[C@H]1OC(Nc2cccc(Cl)c2Cl)[C@H](O)[C@@H](O)[C@@H]1O. The molecule has 5 atom stereocenters. The van der Waals surface area contributed by atoms with E-state index in [9.17, 15) is 15.3 Å². The predicted molar refractivity (Wildman–Crippen MR) is 73.9 cm³/mol. The molecule has 8 heteroatoms. The number of halogens is 2. The summed E-state index contributed by atoms with van der Waals surface area (Å²) < 4.78 is 5.31. The van der Waals surface area contributed by atoms with E-state index in [2.05, 4.69) is 5.32 Å². The highest BCUT2D eigenvalue weighted by atomic mass is 35.5. The van der Waals surface area contributed by atoms with Crippen molar-refractivity contribution in [3.8, 4) is 0 Å². The van der Waals surface area contributed by atoms with E-state index in [4.69, 9.17) is 33.0 Å². The smallest absolute Gasteiger partial charge is 0.157 e. The molecule has 1 saturated heterocycles. The Bertz CT molecular complexity index is 473. The van der Waals surface area contributed by atoms with Crippen molar-refractivity contribution in [2.24, 2.45) is 0 Å². The summed E-state index contributed by atoms with van der Waals surface area (Å²) in [5.74, 6) is 0. The molecule has 0 aromatic heterocycles. The molecule has 1 aromatic carbocycles. The van der Waals surface area contributed by atoms with Gasteiger partial charge in [-0.2, -0.15) is 0 Å². The second-order valence-corrected chi connectivity index (χ2v) is 5.28. The van der Waals surface area contributed by atoms with Gasteiger partial charge >= 0.3 is 0 Å². The van der Waals surface area contributed by atoms with Crippen LogP contribution < -0.4 is 5.32 Å². The first-order valence-electron chi connectivity index (χ1n) is 5.96. The van der Waals surface area contributed by atoms with E-state index in [1.165, 1.54) is 0 Å². The van der Waals surface area contributed by atoms with Crippen LogP contribution in [0.25, 0.3) is 0 Å². The lowest BCUT2D eigenvalue weighted by Crippen LogP contribution is -2.60. The third-order valence-electron chi connectivity index (χ3n) is 3.14. The number of ether oxygens (including phenoxy) is 1. The fraction of sp³-hybridized carbons (Fsp3) is 0.500. The molecule has 5 N–H and O–H groups in total. The number of rotatable bonds is 3. The molecule has 0 aliphatic carbocycles. The second-order valence-electron chi connectivity index (χ2n) is 4.50. The molecule has 0 amide bonds. The number of aliphatic hydroxyl groups excluding tert-OH is 4. The van der Waals surface area contributed by atoms with Gasteiger partial charge in [-0.15, -0.1) is 0 Å². The van der Waals surface area contributed by atoms with E-state index in [0.717, 1.165) is 0 Å². The molecule has 20 heavy (non-hydrogen) atoms. The first kappa shape index (κ1) is 15.8. The minimum atomic E-state index is -1.45. The van der Waals surface area contributed by atoms with Crippen LogP contribution in [-0.2, 0) is 4.74 Å². The molecule has 2 rings (SSSR count). The van der Waals surface area contributed by atoms with Crippen molar-refractivity contribution in [2.75, 3.05) is 11.9 Å². The van der Waals surface area contributed by atoms with Crippen LogP contribution >= 0.6 is 23.2 Å². The first-order valence-corrected chi connectivity index (χ1v) is 6.72. The Morgan fingerprint density at radius 3 is 2.45 bits per heavy atom. The lowest BCUT2D eigenvalue weighted by Gasteiger charge is -2.40. The molecule has 1 fully saturated rings. The van der Waals surface area contributed by atoms with Crippen molar-refractivity contribution in [2.45, 2.75) is 30.6 Å². The summed E-state index contributed by atoms with van der Waals surface area (Å²) in [4.78, 5) is 0. The lowest BCUT2D eigenvalue weighted by atomic mass is 9.98. The highest BCUT2D eigenvalue weighted by Crippen LogP contribution is 2.31. The van der Waals surface area contributed by atoms with Gasteiger partial charge in [-0.05, 0) is 12.1 Å². The van der Waals surface area contributed by atoms with Crippen molar-refractivity contribution in [1.29, 1.82) is 0 Å². The third-order valence-corrected chi connectivity index (χ3v) is 3.96. The molecule has 1 heterocycles. The van der Waals surface area contributed by atoms with Crippen LogP contribution in [0.4, 0.5) is 5.69 Å². The van der Waals surface area contributed by atoms with Crippen LogP contribution in [0.3, 0.4) is 0 Å². The fourth-order valence-electron chi connectivity index (χ4n) is 1.99. The fourth-order valence-corrected chi connectivity index (χ4v) is 2.34. The maximum atomic E-state index is 9.89. The van der Waals surface area contributed by atoms with Crippen molar-refractivity contribution in [3.63, 3.8) is 0 Å². The topological polar surface area (TPSA) is 102 Å².